The Bertz CT molecular complexity index is 1700. The minimum atomic E-state index is -0.393. The first-order valence-corrected chi connectivity index (χ1v) is 15.7. The van der Waals surface area contributed by atoms with Gasteiger partial charge in [0, 0.05) is 51.9 Å². The largest absolute Gasteiger partial charge is 0.391 e. The number of hydrogen-bond donors (Lipinski definition) is 1. The number of fused-ring (bicyclic) bond motifs is 1. The number of aliphatic hydroxyl groups excluding tert-OH is 1. The first-order valence-electron chi connectivity index (χ1n) is 14.9. The van der Waals surface area contributed by atoms with Gasteiger partial charge in [0.2, 0.25) is 5.91 Å². The van der Waals surface area contributed by atoms with Crippen molar-refractivity contribution in [3.05, 3.63) is 47.0 Å². The van der Waals surface area contributed by atoms with Crippen LogP contribution in [0.5, 0.6) is 0 Å². The van der Waals surface area contributed by atoms with Gasteiger partial charge >= 0.3 is 0 Å². The molecule has 1 amide bonds. The summed E-state index contributed by atoms with van der Waals surface area (Å²) >= 11 is 1.39. The maximum absolute atomic E-state index is 12.7. The van der Waals surface area contributed by atoms with Crippen molar-refractivity contribution < 1.29 is 9.90 Å². The molecule has 1 saturated carbocycles. The second-order valence-electron chi connectivity index (χ2n) is 11.8. The molecule has 0 radical (unpaired) electrons. The van der Waals surface area contributed by atoms with Crippen LogP contribution < -0.4 is 9.80 Å². The van der Waals surface area contributed by atoms with E-state index >= 15 is 0 Å². The number of aryl methyl sites for hydroxylation is 1. The summed E-state index contributed by atoms with van der Waals surface area (Å²) in [6, 6.07) is 13.0. The van der Waals surface area contributed by atoms with Crippen LogP contribution in [0.3, 0.4) is 0 Å². The predicted octanol–water partition coefficient (Wildman–Crippen LogP) is 3.55. The van der Waals surface area contributed by atoms with Crippen LogP contribution in [0.1, 0.15) is 35.7 Å². The quantitative estimate of drug-likeness (QED) is 0.341. The number of nitriles is 1. The fraction of sp³-hybridized carbons (Fsp3) is 0.452. The number of nitrogens with zero attached hydrogens (tertiary/aromatic N) is 9. The summed E-state index contributed by atoms with van der Waals surface area (Å²) in [5.41, 5.74) is 4.53. The summed E-state index contributed by atoms with van der Waals surface area (Å²) < 4.78 is 2.08. The molecule has 2 aliphatic heterocycles. The molecule has 1 aromatic carbocycles. The number of hydrogen-bond acceptors (Lipinski definition) is 10. The van der Waals surface area contributed by atoms with Crippen molar-refractivity contribution in [2.24, 2.45) is 0 Å². The number of amides is 1. The molecule has 3 aromatic heterocycles. The van der Waals surface area contributed by atoms with Gasteiger partial charge in [-0.3, -0.25) is 9.69 Å². The number of rotatable bonds is 7. The van der Waals surface area contributed by atoms with Gasteiger partial charge in [0.25, 0.3) is 0 Å². The monoisotopic (exact) mass is 597 g/mol. The SMILES string of the molecule is Cc1ccc(-c2nc(N(C)c3c4cc(N5CCN(CC(=O)N6CC[C@@H](O)C6)CC5)cnc4nn3C3CC3)sc2C#N)cc1. The van der Waals surface area contributed by atoms with Crippen LogP contribution >= 0.6 is 11.3 Å². The molecule has 11 nitrogen and oxygen atoms in total. The Morgan fingerprint density at radius 1 is 1.14 bits per heavy atom. The Labute approximate surface area is 254 Å². The van der Waals surface area contributed by atoms with Gasteiger partial charge in [-0.15, -0.1) is 0 Å². The first-order chi connectivity index (χ1) is 20.9. The number of piperazine rings is 1. The van der Waals surface area contributed by atoms with E-state index < -0.39 is 6.10 Å². The van der Waals surface area contributed by atoms with Gasteiger partial charge in [0.1, 0.15) is 22.5 Å². The van der Waals surface area contributed by atoms with Crippen LogP contribution in [0, 0.1) is 18.3 Å². The van der Waals surface area contributed by atoms with Crippen molar-refractivity contribution in [3.63, 3.8) is 0 Å². The molecular weight excluding hydrogens is 562 g/mol. The number of anilines is 3. The van der Waals surface area contributed by atoms with E-state index in [1.807, 2.05) is 44.4 Å². The van der Waals surface area contributed by atoms with Gasteiger partial charge in [-0.25, -0.2) is 14.6 Å². The Morgan fingerprint density at radius 3 is 2.58 bits per heavy atom. The molecule has 12 heteroatoms. The first kappa shape index (κ1) is 27.8. The van der Waals surface area contributed by atoms with Crippen molar-refractivity contribution in [3.8, 4) is 17.3 Å². The topological polar surface area (TPSA) is 118 Å². The average Bonchev–Trinajstić information content (AvgIpc) is 3.43. The average molecular weight is 598 g/mol. The smallest absolute Gasteiger partial charge is 0.236 e. The number of likely N-dealkylation sites (tertiary alicyclic amines) is 1. The van der Waals surface area contributed by atoms with Crippen molar-refractivity contribution >= 4 is 44.9 Å². The van der Waals surface area contributed by atoms with E-state index in [1.165, 1.54) is 11.3 Å². The number of thiazole rings is 1. The summed E-state index contributed by atoms with van der Waals surface area (Å²) in [7, 11) is 2.00. The Balaban J connectivity index is 1.13. The molecule has 1 atom stereocenters. The number of aromatic nitrogens is 4. The highest BCUT2D eigenvalue weighted by Gasteiger charge is 2.32. The number of benzene rings is 1. The summed E-state index contributed by atoms with van der Waals surface area (Å²) in [6.45, 7) is 6.68. The van der Waals surface area contributed by atoms with Gasteiger partial charge in [0.05, 0.1) is 36.0 Å². The maximum atomic E-state index is 12.7. The molecule has 0 unspecified atom stereocenters. The minimum Gasteiger partial charge on any atom is -0.391 e. The van der Waals surface area contributed by atoms with Gasteiger partial charge in [-0.2, -0.15) is 10.4 Å². The van der Waals surface area contributed by atoms with E-state index in [9.17, 15) is 15.2 Å². The molecule has 1 N–H and O–H groups in total. The molecular formula is C31H35N9O2S. The lowest BCUT2D eigenvalue weighted by Crippen LogP contribution is -2.50. The zero-order valence-electron chi connectivity index (χ0n) is 24.5. The molecule has 1 aliphatic carbocycles. The fourth-order valence-corrected chi connectivity index (χ4v) is 6.84. The Kier molecular flexibility index (Phi) is 7.25. The maximum Gasteiger partial charge on any atom is 0.236 e. The molecule has 0 bridgehead atoms. The number of β-amino-alcohol motifs (C(OH)–C–C–N with tert-alkyl or cyclic N) is 1. The van der Waals surface area contributed by atoms with E-state index in [0.29, 0.717) is 48.3 Å². The van der Waals surface area contributed by atoms with Crippen LogP contribution in [0.25, 0.3) is 22.3 Å². The van der Waals surface area contributed by atoms with Crippen LogP contribution in [0.2, 0.25) is 0 Å². The second kappa shape index (κ2) is 11.2. The van der Waals surface area contributed by atoms with Gasteiger partial charge in [-0.1, -0.05) is 41.2 Å². The molecule has 2 saturated heterocycles. The summed E-state index contributed by atoms with van der Waals surface area (Å²) in [6.07, 6.45) is 4.33. The molecule has 3 aliphatic rings. The van der Waals surface area contributed by atoms with Crippen LogP contribution in [0.15, 0.2) is 36.5 Å². The van der Waals surface area contributed by atoms with E-state index in [-0.39, 0.29) is 5.91 Å². The van der Waals surface area contributed by atoms with E-state index in [0.717, 1.165) is 72.2 Å². The lowest BCUT2D eigenvalue weighted by molar-refractivity contribution is -0.131. The highest BCUT2D eigenvalue weighted by molar-refractivity contribution is 7.16. The van der Waals surface area contributed by atoms with Crippen LogP contribution in [0.4, 0.5) is 16.6 Å². The fourth-order valence-electron chi connectivity index (χ4n) is 5.99. The molecule has 5 heterocycles. The van der Waals surface area contributed by atoms with E-state index in [4.69, 9.17) is 15.1 Å². The minimum absolute atomic E-state index is 0.0977. The molecule has 0 spiro atoms. The van der Waals surface area contributed by atoms with Gasteiger partial charge in [0.15, 0.2) is 10.8 Å². The third-order valence-electron chi connectivity index (χ3n) is 8.66. The zero-order valence-corrected chi connectivity index (χ0v) is 25.3. The number of carbonyl (C=O) groups excluding carboxylic acids is 1. The standard InChI is InChI=1S/C31H35N9O2S/c1-20-3-5-21(6-4-20)28-26(16-32)43-31(34-28)36(2)30-25-15-23(17-33-29(25)35-40(30)22-7-8-22)38-13-11-37(12-14-38)19-27(42)39-10-9-24(41)18-39/h3-6,15,17,22,24,41H,7-14,18-19H2,1-2H3/t24-/m1/s1. The second-order valence-corrected chi connectivity index (χ2v) is 12.8. The number of pyridine rings is 1. The molecule has 7 rings (SSSR count). The van der Waals surface area contributed by atoms with Crippen molar-refractivity contribution in [1.82, 2.24) is 29.5 Å². The lowest BCUT2D eigenvalue weighted by atomic mass is 10.1. The number of aliphatic hydroxyl groups is 1. The van der Waals surface area contributed by atoms with Gasteiger partial charge < -0.3 is 19.8 Å². The molecule has 43 heavy (non-hydrogen) atoms. The highest BCUT2D eigenvalue weighted by atomic mass is 32.1. The highest BCUT2D eigenvalue weighted by Crippen LogP contribution is 2.44. The van der Waals surface area contributed by atoms with Gasteiger partial charge in [-0.05, 0) is 32.3 Å². The normalized spacial score (nSPS) is 19.3. The molecule has 222 valence electrons. The van der Waals surface area contributed by atoms with E-state index in [2.05, 4.69) is 31.5 Å². The third kappa shape index (κ3) is 5.44. The number of carbonyl (C=O) groups is 1. The summed E-state index contributed by atoms with van der Waals surface area (Å²) in [5.74, 6) is 1.04. The van der Waals surface area contributed by atoms with Crippen molar-refractivity contribution in [2.45, 2.75) is 38.3 Å². The van der Waals surface area contributed by atoms with E-state index in [1.54, 1.807) is 4.90 Å². The predicted molar refractivity (Wildman–Crippen MR) is 167 cm³/mol. The van der Waals surface area contributed by atoms with Crippen LogP contribution in [-0.2, 0) is 4.79 Å². The van der Waals surface area contributed by atoms with Crippen LogP contribution in [-0.4, -0.2) is 99.5 Å². The Hall–Kier alpha value is -4.05. The molecule has 4 aromatic rings. The lowest BCUT2D eigenvalue weighted by Gasteiger charge is -2.36. The zero-order chi connectivity index (χ0) is 29.7. The third-order valence-corrected chi connectivity index (χ3v) is 9.70. The summed E-state index contributed by atoms with van der Waals surface area (Å²) in [5, 5.41) is 26.3. The Morgan fingerprint density at radius 2 is 1.91 bits per heavy atom. The van der Waals surface area contributed by atoms with Crippen molar-refractivity contribution in [1.29, 1.82) is 5.26 Å². The molecule has 3 fully saturated rings. The van der Waals surface area contributed by atoms with Crippen molar-refractivity contribution in [2.75, 3.05) is 62.7 Å². The summed E-state index contributed by atoms with van der Waals surface area (Å²) in [4.78, 5) is 31.3.